The minimum Gasteiger partial charge on any atom is -0.225 e. The van der Waals surface area contributed by atoms with Gasteiger partial charge in [-0.3, -0.25) is 0 Å². The maximum absolute atomic E-state index is 12.6. The summed E-state index contributed by atoms with van der Waals surface area (Å²) in [6.07, 6.45) is 0. The highest BCUT2D eigenvalue weighted by Crippen LogP contribution is 2.26. The number of nitrogens with two attached hydrogens (primary N) is 1. The van der Waals surface area contributed by atoms with E-state index >= 15 is 0 Å². The molecule has 0 amide bonds. The lowest BCUT2D eigenvalue weighted by atomic mass is 10.1. The van der Waals surface area contributed by atoms with E-state index < -0.39 is 26.1 Å². The van der Waals surface area contributed by atoms with Gasteiger partial charge < -0.3 is 0 Å². The summed E-state index contributed by atoms with van der Waals surface area (Å²) in [6, 6.07) is 13.5. The Labute approximate surface area is 136 Å². The van der Waals surface area contributed by atoms with Gasteiger partial charge in [0.1, 0.15) is 0 Å². The van der Waals surface area contributed by atoms with Gasteiger partial charge in [0.05, 0.1) is 9.79 Å². The molecule has 0 heterocycles. The Morgan fingerprint density at radius 1 is 0.870 bits per heavy atom. The third kappa shape index (κ3) is 3.78. The van der Waals surface area contributed by atoms with Crippen LogP contribution in [0.2, 0.25) is 0 Å². The molecule has 2 aromatic carbocycles. The van der Waals surface area contributed by atoms with Crippen LogP contribution in [0.5, 0.6) is 0 Å². The number of nitrogens with zero attached hydrogens (tertiary/aromatic N) is 1. The molecule has 0 radical (unpaired) electrons. The van der Waals surface area contributed by atoms with Crippen molar-refractivity contribution in [3.63, 3.8) is 0 Å². The lowest BCUT2D eigenvalue weighted by Crippen LogP contribution is -2.29. The van der Waals surface area contributed by atoms with E-state index in [0.29, 0.717) is 5.56 Å². The van der Waals surface area contributed by atoms with Gasteiger partial charge in [0.2, 0.25) is 20.0 Å². The fourth-order valence-electron chi connectivity index (χ4n) is 2.11. The third-order valence-corrected chi connectivity index (χ3v) is 6.53. The average molecular weight is 354 g/mol. The average Bonchev–Trinajstić information content (AvgIpc) is 2.53. The molecule has 124 valence electrons. The highest BCUT2D eigenvalue weighted by molar-refractivity contribution is 7.89. The summed E-state index contributed by atoms with van der Waals surface area (Å²) >= 11 is 0. The van der Waals surface area contributed by atoms with Crippen LogP contribution in [-0.4, -0.2) is 28.2 Å². The monoisotopic (exact) mass is 354 g/mol. The van der Waals surface area contributed by atoms with E-state index in [9.17, 15) is 16.8 Å². The lowest BCUT2D eigenvalue weighted by Gasteiger charge is -2.24. The number of benzene rings is 2. The van der Waals surface area contributed by atoms with Crippen molar-refractivity contribution in [2.75, 3.05) is 7.05 Å². The molecule has 0 aliphatic rings. The molecule has 0 spiro atoms. The second-order valence-corrected chi connectivity index (χ2v) is 8.68. The second kappa shape index (κ2) is 6.40. The van der Waals surface area contributed by atoms with E-state index in [1.807, 2.05) is 0 Å². The molecule has 23 heavy (non-hydrogen) atoms. The van der Waals surface area contributed by atoms with Gasteiger partial charge in [-0.05, 0) is 36.8 Å². The molecule has 8 heteroatoms. The van der Waals surface area contributed by atoms with Crippen LogP contribution in [0.3, 0.4) is 0 Å². The Balaban J connectivity index is 2.31. The Kier molecular flexibility index (Phi) is 4.90. The minimum atomic E-state index is -3.77. The van der Waals surface area contributed by atoms with Crippen LogP contribution in [0.25, 0.3) is 0 Å². The molecule has 0 aliphatic carbocycles. The lowest BCUT2D eigenvalue weighted by molar-refractivity contribution is 0.398. The summed E-state index contributed by atoms with van der Waals surface area (Å²) in [5.74, 6) is 0. The molecular formula is C15H18N2O4S2. The first-order chi connectivity index (χ1) is 10.6. The number of primary sulfonamides is 1. The summed E-state index contributed by atoms with van der Waals surface area (Å²) in [7, 11) is -5.92. The van der Waals surface area contributed by atoms with Crippen molar-refractivity contribution in [3.05, 3.63) is 60.2 Å². The normalized spacial score (nSPS) is 13.9. The summed E-state index contributed by atoms with van der Waals surface area (Å²) in [6.45, 7) is 1.73. The zero-order valence-corrected chi connectivity index (χ0v) is 14.4. The maximum Gasteiger partial charge on any atom is 0.243 e. The Bertz CT molecular complexity index is 877. The van der Waals surface area contributed by atoms with E-state index in [1.54, 1.807) is 37.3 Å². The summed E-state index contributed by atoms with van der Waals surface area (Å²) in [5, 5.41) is 5.05. The molecule has 0 fully saturated rings. The van der Waals surface area contributed by atoms with Crippen molar-refractivity contribution in [1.29, 1.82) is 0 Å². The number of rotatable bonds is 5. The van der Waals surface area contributed by atoms with Gasteiger partial charge in [0, 0.05) is 13.1 Å². The predicted octanol–water partition coefficient (Wildman–Crippen LogP) is 1.72. The largest absolute Gasteiger partial charge is 0.243 e. The number of hydrogen-bond acceptors (Lipinski definition) is 4. The van der Waals surface area contributed by atoms with Crippen molar-refractivity contribution < 1.29 is 16.8 Å². The molecular weight excluding hydrogens is 336 g/mol. The molecule has 0 unspecified atom stereocenters. The van der Waals surface area contributed by atoms with E-state index in [4.69, 9.17) is 5.14 Å². The SMILES string of the molecule is C[C@H](c1ccc(S(N)(=O)=O)cc1)N(C)S(=O)(=O)c1ccccc1. The van der Waals surface area contributed by atoms with Crippen molar-refractivity contribution in [3.8, 4) is 0 Å². The van der Waals surface area contributed by atoms with Gasteiger partial charge in [-0.15, -0.1) is 0 Å². The van der Waals surface area contributed by atoms with Gasteiger partial charge in [0.15, 0.2) is 0 Å². The summed E-state index contributed by atoms with van der Waals surface area (Å²) in [5.41, 5.74) is 0.666. The molecule has 0 aromatic heterocycles. The first-order valence-corrected chi connectivity index (χ1v) is 9.78. The van der Waals surface area contributed by atoms with Crippen LogP contribution in [0.15, 0.2) is 64.4 Å². The van der Waals surface area contributed by atoms with Crippen LogP contribution < -0.4 is 5.14 Å². The van der Waals surface area contributed by atoms with Crippen LogP contribution >= 0.6 is 0 Å². The van der Waals surface area contributed by atoms with Gasteiger partial charge >= 0.3 is 0 Å². The molecule has 1 atom stereocenters. The molecule has 6 nitrogen and oxygen atoms in total. The van der Waals surface area contributed by atoms with Gasteiger partial charge in [-0.25, -0.2) is 22.0 Å². The predicted molar refractivity (Wildman–Crippen MR) is 87.6 cm³/mol. The number of hydrogen-bond donors (Lipinski definition) is 1. The molecule has 0 aliphatic heterocycles. The highest BCUT2D eigenvalue weighted by Gasteiger charge is 2.26. The smallest absolute Gasteiger partial charge is 0.225 e. The Hall–Kier alpha value is -1.74. The molecule has 2 N–H and O–H groups in total. The van der Waals surface area contributed by atoms with Crippen molar-refractivity contribution in [2.24, 2.45) is 5.14 Å². The fraction of sp³-hybridized carbons (Fsp3) is 0.200. The first-order valence-electron chi connectivity index (χ1n) is 6.80. The van der Waals surface area contributed by atoms with Crippen molar-refractivity contribution >= 4 is 20.0 Å². The van der Waals surface area contributed by atoms with Crippen LogP contribution in [0, 0.1) is 0 Å². The Morgan fingerprint density at radius 2 is 1.39 bits per heavy atom. The van der Waals surface area contributed by atoms with Crippen molar-refractivity contribution in [1.82, 2.24) is 4.31 Å². The first kappa shape index (κ1) is 17.6. The van der Waals surface area contributed by atoms with Crippen LogP contribution in [0.4, 0.5) is 0 Å². The topological polar surface area (TPSA) is 97.5 Å². The maximum atomic E-state index is 12.6. The zero-order valence-electron chi connectivity index (χ0n) is 12.7. The molecule has 0 bridgehead atoms. The van der Waals surface area contributed by atoms with E-state index in [0.717, 1.165) is 0 Å². The van der Waals surface area contributed by atoms with Crippen molar-refractivity contribution in [2.45, 2.75) is 22.8 Å². The van der Waals surface area contributed by atoms with E-state index in [1.165, 1.54) is 35.6 Å². The van der Waals surface area contributed by atoms with Gasteiger partial charge in [-0.1, -0.05) is 30.3 Å². The van der Waals surface area contributed by atoms with Crippen LogP contribution in [-0.2, 0) is 20.0 Å². The van der Waals surface area contributed by atoms with E-state index in [2.05, 4.69) is 0 Å². The second-order valence-electron chi connectivity index (χ2n) is 5.12. The molecule has 2 rings (SSSR count). The van der Waals surface area contributed by atoms with Gasteiger partial charge in [-0.2, -0.15) is 4.31 Å². The Morgan fingerprint density at radius 3 is 1.87 bits per heavy atom. The quantitative estimate of drug-likeness (QED) is 0.884. The van der Waals surface area contributed by atoms with Crippen LogP contribution in [0.1, 0.15) is 18.5 Å². The zero-order chi connectivity index (χ0) is 17.3. The fourth-order valence-corrected chi connectivity index (χ4v) is 4.00. The molecule has 0 saturated carbocycles. The standard InChI is InChI=1S/C15H18N2O4S2/c1-12(13-8-10-14(11-9-13)22(16,18)19)17(2)23(20,21)15-6-4-3-5-7-15/h3-12H,1-2H3,(H2,16,18,19)/t12-/m1/s1. The summed E-state index contributed by atoms with van der Waals surface area (Å²) in [4.78, 5) is 0.192. The minimum absolute atomic E-state index is 0.0120. The van der Waals surface area contributed by atoms with E-state index in [-0.39, 0.29) is 9.79 Å². The third-order valence-electron chi connectivity index (χ3n) is 3.66. The molecule has 0 saturated heterocycles. The van der Waals surface area contributed by atoms with Gasteiger partial charge in [0.25, 0.3) is 0 Å². The highest BCUT2D eigenvalue weighted by atomic mass is 32.2. The molecule has 2 aromatic rings. The summed E-state index contributed by atoms with van der Waals surface area (Å²) < 4.78 is 48.9. The number of sulfonamides is 2.